The minimum absolute atomic E-state index is 0.0467. The molecule has 0 spiro atoms. The number of carbonyl (C=O) groups excluding carboxylic acids is 5. The van der Waals surface area contributed by atoms with Crippen LogP contribution in [0.4, 0.5) is 26.7 Å². The van der Waals surface area contributed by atoms with Crippen LogP contribution in [0.15, 0.2) is 60.8 Å². The van der Waals surface area contributed by atoms with E-state index >= 15 is 4.39 Å². The molecule has 0 fully saturated rings. The summed E-state index contributed by atoms with van der Waals surface area (Å²) in [4.78, 5) is 77.1. The van der Waals surface area contributed by atoms with Crippen LogP contribution < -0.4 is 21.7 Å². The predicted molar refractivity (Wildman–Crippen MR) is 280 cm³/mol. The summed E-state index contributed by atoms with van der Waals surface area (Å²) in [6.07, 6.45) is -4.16. The van der Waals surface area contributed by atoms with Crippen LogP contribution >= 0.6 is 11.8 Å². The molecule has 420 valence electrons. The molecule has 0 saturated heterocycles. The Morgan fingerprint density at radius 1 is 0.893 bits per heavy atom. The topological polar surface area (TPSA) is 246 Å². The van der Waals surface area contributed by atoms with Crippen LogP contribution in [0.2, 0.25) is 25.7 Å². The van der Waals surface area contributed by atoms with Crippen molar-refractivity contribution in [3.05, 3.63) is 83.7 Å². The van der Waals surface area contributed by atoms with Crippen LogP contribution in [0.3, 0.4) is 0 Å². The lowest BCUT2D eigenvalue weighted by Gasteiger charge is -2.41. The first-order chi connectivity index (χ1) is 34.6. The zero-order chi connectivity index (χ0) is 57.0. The zero-order valence-electron chi connectivity index (χ0n) is 44.0. The molecule has 0 radical (unpaired) electrons. The van der Waals surface area contributed by atoms with Crippen molar-refractivity contribution in [2.24, 2.45) is 11.1 Å². The number of aromatic nitrogens is 1. The number of sulfone groups is 1. The number of hydrogen-bond donors (Lipinski definition) is 5. The molecule has 6 N–H and O–H groups in total. The molecule has 3 rings (SSSR count). The molecule has 2 atom stereocenters. The molecular formula is C50H73F5N6O11S2Si. The van der Waals surface area contributed by atoms with Crippen molar-refractivity contribution in [2.75, 3.05) is 55.8 Å². The van der Waals surface area contributed by atoms with Crippen molar-refractivity contribution >= 4 is 65.4 Å². The summed E-state index contributed by atoms with van der Waals surface area (Å²) in [5.74, 6) is -7.24. The van der Waals surface area contributed by atoms with E-state index in [1.165, 1.54) is 0 Å². The van der Waals surface area contributed by atoms with Gasteiger partial charge in [0.25, 0.3) is 0 Å². The van der Waals surface area contributed by atoms with Crippen LogP contribution in [0, 0.1) is 17.0 Å². The maximum atomic E-state index is 15.4. The summed E-state index contributed by atoms with van der Waals surface area (Å²) in [6, 6.07) is 13.4. The lowest BCUT2D eigenvalue weighted by molar-refractivity contribution is -0.192. The average Bonchev–Trinajstić information content (AvgIpc) is 3.67. The van der Waals surface area contributed by atoms with Gasteiger partial charge in [0.05, 0.1) is 36.3 Å². The van der Waals surface area contributed by atoms with Crippen LogP contribution in [-0.2, 0) is 49.8 Å². The van der Waals surface area contributed by atoms with Crippen molar-refractivity contribution < 1.29 is 73.7 Å². The Balaban J connectivity index is 0.00000256. The van der Waals surface area contributed by atoms with Crippen molar-refractivity contribution in [1.29, 1.82) is 0 Å². The van der Waals surface area contributed by atoms with Gasteiger partial charge in [0, 0.05) is 76.0 Å². The van der Waals surface area contributed by atoms with Crippen molar-refractivity contribution in [3.8, 4) is 11.1 Å². The second-order valence-electron chi connectivity index (χ2n) is 20.7. The van der Waals surface area contributed by atoms with E-state index in [4.69, 9.17) is 25.1 Å². The lowest BCUT2D eigenvalue weighted by atomic mass is 9.83. The molecule has 4 amide bonds. The fraction of sp³-hybridized carbons (Fsp3) is 0.560. The van der Waals surface area contributed by atoms with E-state index in [0.29, 0.717) is 30.8 Å². The maximum Gasteiger partial charge on any atom is 0.490 e. The Hall–Kier alpha value is -5.53. The number of alkyl carbamates (subject to hydrolysis) is 1. The number of hydrogen-bond acceptors (Lipinski definition) is 12. The third-order valence-corrected chi connectivity index (χ3v) is 15.0. The standard InChI is InChI=1S/C48H72F2N6O9S2Si.C2HF3O2/c1-47(2,3)44(40-28-35(37-29-36(49)16-17-38(37)50)31-55(40)30-34-14-11-10-12-15-34)56(23-13-21-53-46(61)64-24-27-68(7,8)9)42(58)33-66-32-39(45(60)52-22-26-67(62,63)25-20-51)54-41(57)18-19-43(59)65-48(4,5)6;3-2(4,5)1(6)7/h10-12,14-17,28-29,31,39,44H,13,18-27,30,32-33,51H2,1-9H3,(H,52,60)(H,53,61)(H,54,57);(H,6,7)/t39-,44-;/m0./s1. The highest BCUT2D eigenvalue weighted by molar-refractivity contribution is 8.00. The molecule has 0 aliphatic rings. The minimum Gasteiger partial charge on any atom is -0.475 e. The number of nitrogens with zero attached hydrogens (tertiary/aromatic N) is 2. The number of esters is 1. The van der Waals surface area contributed by atoms with Gasteiger partial charge in [0.1, 0.15) is 23.3 Å². The predicted octanol–water partition coefficient (Wildman–Crippen LogP) is 7.31. The number of carboxylic acid groups (broad SMARTS) is 1. The Bertz CT molecular complexity index is 2480. The molecule has 0 aliphatic heterocycles. The molecule has 2 aromatic carbocycles. The number of nitrogens with one attached hydrogen (secondary N) is 3. The largest absolute Gasteiger partial charge is 0.490 e. The highest BCUT2D eigenvalue weighted by Crippen LogP contribution is 2.41. The summed E-state index contributed by atoms with van der Waals surface area (Å²) < 4.78 is 99.0. The number of carboxylic acids is 1. The monoisotopic (exact) mass is 1120 g/mol. The molecule has 25 heteroatoms. The summed E-state index contributed by atoms with van der Waals surface area (Å²) in [7, 11) is -5.00. The van der Waals surface area contributed by atoms with Gasteiger partial charge < -0.3 is 45.7 Å². The van der Waals surface area contributed by atoms with E-state index < -0.39 is 88.7 Å². The summed E-state index contributed by atoms with van der Waals surface area (Å²) in [6.45, 7) is 18.1. The molecule has 0 saturated carbocycles. The average molecular weight is 1120 g/mol. The summed E-state index contributed by atoms with van der Waals surface area (Å²) in [5.41, 5.74) is 5.98. The zero-order valence-corrected chi connectivity index (χ0v) is 46.7. The second kappa shape index (κ2) is 29.7. The Morgan fingerprint density at radius 2 is 1.53 bits per heavy atom. The highest BCUT2D eigenvalue weighted by atomic mass is 32.2. The SMILES string of the molecule is CC(C)(C)OC(=O)CCC(=O)N[C@@H](CSCC(=O)N(CCCNC(=O)OCC[Si](C)(C)C)[C@@H](c1cc(-c2cc(F)ccc2F)cn1Cc1ccccc1)C(C)(C)C)C(=O)NCCS(=O)(=O)CCN.O=C(O)C(F)(F)F. The number of nitrogens with two attached hydrogens (primary N) is 1. The maximum absolute atomic E-state index is 15.4. The Labute approximate surface area is 441 Å². The number of alkyl halides is 3. The Morgan fingerprint density at radius 3 is 2.11 bits per heavy atom. The molecule has 0 bridgehead atoms. The number of ether oxygens (including phenoxy) is 2. The Kier molecular flexibility index (Phi) is 26.0. The van der Waals surface area contributed by atoms with Gasteiger partial charge in [0.15, 0.2) is 9.84 Å². The quantitative estimate of drug-likeness (QED) is 0.0229. The van der Waals surface area contributed by atoms with Crippen LogP contribution in [0.1, 0.15) is 78.1 Å². The van der Waals surface area contributed by atoms with Crippen LogP contribution in [-0.4, -0.2) is 140 Å². The van der Waals surface area contributed by atoms with Gasteiger partial charge in [0.2, 0.25) is 17.7 Å². The highest BCUT2D eigenvalue weighted by Gasteiger charge is 2.39. The molecule has 17 nitrogen and oxygen atoms in total. The third-order valence-electron chi connectivity index (χ3n) is 10.5. The number of rotatable bonds is 26. The van der Waals surface area contributed by atoms with Gasteiger partial charge in [-0.15, -0.1) is 11.8 Å². The first-order valence-electron chi connectivity index (χ1n) is 24.1. The first kappa shape index (κ1) is 65.6. The molecule has 75 heavy (non-hydrogen) atoms. The van der Waals surface area contributed by atoms with Crippen molar-refractivity contribution in [1.82, 2.24) is 25.4 Å². The smallest absolute Gasteiger partial charge is 0.475 e. The van der Waals surface area contributed by atoms with E-state index in [-0.39, 0.29) is 73.5 Å². The number of thioether (sulfide) groups is 1. The molecular weight excluding hydrogens is 1050 g/mol. The summed E-state index contributed by atoms with van der Waals surface area (Å²) >= 11 is 1.06. The summed E-state index contributed by atoms with van der Waals surface area (Å²) in [5, 5.41) is 15.1. The number of aliphatic carboxylic acids is 1. The fourth-order valence-electron chi connectivity index (χ4n) is 7.09. The van der Waals surface area contributed by atoms with Gasteiger partial charge in [-0.25, -0.2) is 26.8 Å². The van der Waals surface area contributed by atoms with Gasteiger partial charge in [-0.2, -0.15) is 13.2 Å². The van der Waals surface area contributed by atoms with E-state index in [9.17, 15) is 50.0 Å². The van der Waals surface area contributed by atoms with Crippen LogP contribution in [0.5, 0.6) is 0 Å². The molecule has 0 aliphatic carbocycles. The van der Waals surface area contributed by atoms with E-state index in [1.807, 2.05) is 55.7 Å². The first-order valence-corrected chi connectivity index (χ1v) is 30.8. The number of carbonyl (C=O) groups is 6. The van der Waals surface area contributed by atoms with E-state index in [2.05, 4.69) is 35.6 Å². The third kappa shape index (κ3) is 25.7. The van der Waals surface area contributed by atoms with Gasteiger partial charge >= 0.3 is 24.2 Å². The molecule has 1 aromatic heterocycles. The van der Waals surface area contributed by atoms with Gasteiger partial charge in [-0.05, 0) is 68.5 Å². The molecule has 0 unspecified atom stereocenters. The molecule has 1 heterocycles. The normalized spacial score (nSPS) is 12.8. The van der Waals surface area contributed by atoms with Crippen molar-refractivity contribution in [2.45, 2.75) is 117 Å². The van der Waals surface area contributed by atoms with Crippen LogP contribution in [0.25, 0.3) is 11.1 Å². The van der Waals surface area contributed by atoms with Gasteiger partial charge in [-0.3, -0.25) is 19.2 Å². The van der Waals surface area contributed by atoms with E-state index in [1.54, 1.807) is 37.9 Å². The van der Waals surface area contributed by atoms with E-state index in [0.717, 1.165) is 41.6 Å². The fourth-order valence-corrected chi connectivity index (χ4v) is 9.71. The minimum atomic E-state index is -5.08. The van der Waals surface area contributed by atoms with Crippen molar-refractivity contribution in [3.63, 3.8) is 0 Å². The number of halogens is 5. The number of benzene rings is 2. The second-order valence-corrected chi connectivity index (χ2v) is 29.7. The van der Waals surface area contributed by atoms with Gasteiger partial charge in [-0.1, -0.05) is 70.7 Å². The number of amides is 4. The molecule has 3 aromatic rings. The lowest BCUT2D eigenvalue weighted by Crippen LogP contribution is -2.49.